The third kappa shape index (κ3) is 6.52. The molecule has 0 atom stereocenters. The minimum atomic E-state index is 0.478. The zero-order valence-corrected chi connectivity index (χ0v) is 15.2. The molecule has 0 saturated heterocycles. The van der Waals surface area contributed by atoms with Gasteiger partial charge in [-0.15, -0.1) is 6.58 Å². The number of nitrogens with one attached hydrogen (secondary N) is 1. The summed E-state index contributed by atoms with van der Waals surface area (Å²) in [6.07, 6.45) is 7.38. The lowest BCUT2D eigenvalue weighted by Gasteiger charge is -2.14. The first kappa shape index (κ1) is 19.9. The molecule has 1 rings (SSSR count). The molecule has 24 heavy (non-hydrogen) atoms. The van der Waals surface area contributed by atoms with Gasteiger partial charge < -0.3 is 20.5 Å². The summed E-state index contributed by atoms with van der Waals surface area (Å²) in [5.41, 5.74) is 7.99. The number of methoxy groups -OCH3 is 2. The van der Waals surface area contributed by atoms with Crippen LogP contribution in [0.4, 0.5) is 0 Å². The van der Waals surface area contributed by atoms with E-state index >= 15 is 0 Å². The predicted molar refractivity (Wildman–Crippen MR) is 101 cm³/mol. The fraction of sp³-hybridized carbons (Fsp3) is 0.526. The van der Waals surface area contributed by atoms with Gasteiger partial charge in [-0.25, -0.2) is 4.99 Å². The summed E-state index contributed by atoms with van der Waals surface area (Å²) in [7, 11) is 3.28. The molecule has 0 fully saturated rings. The second kappa shape index (κ2) is 11.4. The smallest absolute Gasteiger partial charge is 0.188 e. The number of hydrogen-bond donors (Lipinski definition) is 2. The number of rotatable bonds is 11. The van der Waals surface area contributed by atoms with Crippen molar-refractivity contribution in [1.29, 1.82) is 0 Å². The van der Waals surface area contributed by atoms with E-state index in [2.05, 4.69) is 29.9 Å². The Labute approximate surface area is 145 Å². The van der Waals surface area contributed by atoms with Crippen molar-refractivity contribution in [2.24, 2.45) is 10.7 Å². The van der Waals surface area contributed by atoms with E-state index in [1.807, 2.05) is 12.1 Å². The number of ether oxygens (including phenoxy) is 2. The summed E-state index contributed by atoms with van der Waals surface area (Å²) < 4.78 is 10.9. The lowest BCUT2D eigenvalue weighted by atomic mass is 10.1. The van der Waals surface area contributed by atoms with Crippen molar-refractivity contribution in [3.05, 3.63) is 35.9 Å². The number of nitrogens with two attached hydrogens (primary N) is 1. The van der Waals surface area contributed by atoms with Gasteiger partial charge in [0.15, 0.2) is 17.5 Å². The van der Waals surface area contributed by atoms with E-state index in [1.165, 1.54) is 19.3 Å². The molecule has 0 aliphatic heterocycles. The molecule has 0 aromatic heterocycles. The second-order valence-corrected chi connectivity index (χ2v) is 5.67. The SMILES string of the molecule is C=CCc1cc(CN=C(N)NCCCCCC)cc(OC)c1OC. The van der Waals surface area contributed by atoms with Crippen LogP contribution in [0.1, 0.15) is 43.7 Å². The first-order valence-corrected chi connectivity index (χ1v) is 8.54. The Bertz CT molecular complexity index is 542. The Kier molecular flexibility index (Phi) is 9.42. The van der Waals surface area contributed by atoms with Crippen LogP contribution in [0, 0.1) is 0 Å². The molecule has 0 amide bonds. The van der Waals surface area contributed by atoms with Crippen molar-refractivity contribution in [3.63, 3.8) is 0 Å². The molecular formula is C19H31N3O2. The fourth-order valence-corrected chi connectivity index (χ4v) is 2.51. The van der Waals surface area contributed by atoms with Crippen LogP contribution >= 0.6 is 0 Å². The first-order valence-electron chi connectivity index (χ1n) is 8.54. The summed E-state index contributed by atoms with van der Waals surface area (Å²) in [6, 6.07) is 3.99. The quantitative estimate of drug-likeness (QED) is 0.282. The van der Waals surface area contributed by atoms with E-state index in [4.69, 9.17) is 15.2 Å². The third-order valence-corrected chi connectivity index (χ3v) is 3.75. The summed E-state index contributed by atoms with van der Waals surface area (Å²) in [5.74, 6) is 1.92. The monoisotopic (exact) mass is 333 g/mol. The first-order chi connectivity index (χ1) is 11.7. The van der Waals surface area contributed by atoms with E-state index in [1.54, 1.807) is 14.2 Å². The van der Waals surface area contributed by atoms with Gasteiger partial charge in [-0.05, 0) is 30.5 Å². The molecule has 0 aliphatic carbocycles. The summed E-state index contributed by atoms with van der Waals surface area (Å²) in [4.78, 5) is 4.41. The van der Waals surface area contributed by atoms with E-state index in [0.29, 0.717) is 24.7 Å². The molecule has 0 heterocycles. The van der Waals surface area contributed by atoms with Crippen molar-refractivity contribution in [2.75, 3.05) is 20.8 Å². The molecule has 1 aromatic carbocycles. The predicted octanol–water partition coefficient (Wildman–Crippen LogP) is 3.42. The molecule has 134 valence electrons. The van der Waals surface area contributed by atoms with Gasteiger partial charge in [0.2, 0.25) is 0 Å². The third-order valence-electron chi connectivity index (χ3n) is 3.75. The van der Waals surface area contributed by atoms with Gasteiger partial charge in [-0.3, -0.25) is 0 Å². The summed E-state index contributed by atoms with van der Waals surface area (Å²) in [5, 5.41) is 3.16. The van der Waals surface area contributed by atoms with Crippen LogP contribution in [0.2, 0.25) is 0 Å². The van der Waals surface area contributed by atoms with Gasteiger partial charge in [0.05, 0.1) is 20.8 Å². The molecule has 5 nitrogen and oxygen atoms in total. The minimum absolute atomic E-state index is 0.478. The van der Waals surface area contributed by atoms with Crippen LogP contribution in [0.3, 0.4) is 0 Å². The van der Waals surface area contributed by atoms with Crippen LogP contribution in [-0.4, -0.2) is 26.7 Å². The summed E-state index contributed by atoms with van der Waals surface area (Å²) >= 11 is 0. The molecule has 0 saturated carbocycles. The normalized spacial score (nSPS) is 11.2. The van der Waals surface area contributed by atoms with Gasteiger partial charge in [0.1, 0.15) is 0 Å². The van der Waals surface area contributed by atoms with Crippen molar-refractivity contribution in [2.45, 2.75) is 45.6 Å². The lowest BCUT2D eigenvalue weighted by Crippen LogP contribution is -2.32. The van der Waals surface area contributed by atoms with Crippen molar-refractivity contribution in [3.8, 4) is 11.5 Å². The van der Waals surface area contributed by atoms with Gasteiger partial charge >= 0.3 is 0 Å². The largest absolute Gasteiger partial charge is 0.493 e. The Morgan fingerprint density at radius 1 is 1.25 bits per heavy atom. The number of guanidine groups is 1. The number of hydrogen-bond acceptors (Lipinski definition) is 3. The molecule has 0 radical (unpaired) electrons. The topological polar surface area (TPSA) is 68.9 Å². The fourth-order valence-electron chi connectivity index (χ4n) is 2.51. The van der Waals surface area contributed by atoms with E-state index < -0.39 is 0 Å². The van der Waals surface area contributed by atoms with Gasteiger partial charge in [0.25, 0.3) is 0 Å². The van der Waals surface area contributed by atoms with Gasteiger partial charge in [-0.1, -0.05) is 32.3 Å². The van der Waals surface area contributed by atoms with E-state index in [-0.39, 0.29) is 0 Å². The Morgan fingerprint density at radius 2 is 2.04 bits per heavy atom. The van der Waals surface area contributed by atoms with Crippen molar-refractivity contribution >= 4 is 5.96 Å². The molecule has 1 aromatic rings. The standard InChI is InChI=1S/C19H31N3O2/c1-5-7-8-9-11-21-19(20)22-14-15-12-16(10-6-2)18(24-4)17(13-15)23-3/h6,12-13H,2,5,7-11,14H2,1,3-4H3,(H3,20,21,22). The van der Waals surface area contributed by atoms with E-state index in [9.17, 15) is 0 Å². The lowest BCUT2D eigenvalue weighted by molar-refractivity contribution is 0.352. The maximum Gasteiger partial charge on any atom is 0.188 e. The molecule has 3 N–H and O–H groups in total. The van der Waals surface area contributed by atoms with Crippen LogP contribution in [-0.2, 0) is 13.0 Å². The average Bonchev–Trinajstić information content (AvgIpc) is 2.59. The maximum atomic E-state index is 5.93. The number of aliphatic imine (C=N–C) groups is 1. The molecule has 0 aliphatic rings. The number of nitrogens with zero attached hydrogens (tertiary/aromatic N) is 1. The van der Waals surface area contributed by atoms with E-state index in [0.717, 1.165) is 29.8 Å². The second-order valence-electron chi connectivity index (χ2n) is 5.67. The Morgan fingerprint density at radius 3 is 2.67 bits per heavy atom. The molecular weight excluding hydrogens is 302 g/mol. The van der Waals surface area contributed by atoms with Crippen molar-refractivity contribution in [1.82, 2.24) is 5.32 Å². The maximum absolute atomic E-state index is 5.93. The van der Waals surface area contributed by atoms with Crippen LogP contribution in [0.25, 0.3) is 0 Å². The van der Waals surface area contributed by atoms with Crippen LogP contribution in [0.15, 0.2) is 29.8 Å². The zero-order valence-electron chi connectivity index (χ0n) is 15.2. The number of allylic oxidation sites excluding steroid dienone is 1. The molecule has 5 heteroatoms. The van der Waals surface area contributed by atoms with Crippen LogP contribution in [0.5, 0.6) is 11.5 Å². The highest BCUT2D eigenvalue weighted by Crippen LogP contribution is 2.33. The molecule has 0 unspecified atom stereocenters. The minimum Gasteiger partial charge on any atom is -0.493 e. The summed E-state index contributed by atoms with van der Waals surface area (Å²) in [6.45, 7) is 7.36. The molecule has 0 spiro atoms. The highest BCUT2D eigenvalue weighted by Gasteiger charge is 2.11. The Hall–Kier alpha value is -2.17. The number of unbranched alkanes of at least 4 members (excludes halogenated alkanes) is 3. The number of benzene rings is 1. The highest BCUT2D eigenvalue weighted by atomic mass is 16.5. The Balaban J connectivity index is 2.70. The van der Waals surface area contributed by atoms with Gasteiger partial charge in [-0.2, -0.15) is 0 Å². The highest BCUT2D eigenvalue weighted by molar-refractivity contribution is 5.77. The zero-order chi connectivity index (χ0) is 17.8. The molecule has 0 bridgehead atoms. The van der Waals surface area contributed by atoms with Gasteiger partial charge in [0, 0.05) is 12.1 Å². The van der Waals surface area contributed by atoms with Crippen molar-refractivity contribution < 1.29 is 9.47 Å². The average molecular weight is 333 g/mol. The van der Waals surface area contributed by atoms with Crippen LogP contribution < -0.4 is 20.5 Å².